The van der Waals surface area contributed by atoms with Crippen LogP contribution in [0.5, 0.6) is 0 Å². The summed E-state index contributed by atoms with van der Waals surface area (Å²) >= 11 is 0. The van der Waals surface area contributed by atoms with Gasteiger partial charge in [-0.1, -0.05) is 6.42 Å². The van der Waals surface area contributed by atoms with E-state index in [9.17, 15) is 13.2 Å². The maximum atomic E-state index is 12.9. The lowest BCUT2D eigenvalue weighted by Gasteiger charge is -2.35. The molecule has 1 unspecified atom stereocenters. The fraction of sp³-hybridized carbons (Fsp3) is 0.944. The molecule has 0 N–H and O–H groups in total. The average molecular weight is 418 g/mol. The highest BCUT2D eigenvalue weighted by Gasteiger charge is 2.39. The van der Waals surface area contributed by atoms with Gasteiger partial charge in [-0.2, -0.15) is 17.0 Å². The Morgan fingerprint density at radius 3 is 2.32 bits per heavy atom. The fourth-order valence-electron chi connectivity index (χ4n) is 4.24. The average Bonchev–Trinajstić information content (AvgIpc) is 3.20. The minimum Gasteiger partial charge on any atom is -0.379 e. The summed E-state index contributed by atoms with van der Waals surface area (Å²) in [6, 6.07) is -0.108. The van der Waals surface area contributed by atoms with E-state index in [0.29, 0.717) is 52.4 Å². The van der Waals surface area contributed by atoms with Crippen molar-refractivity contribution in [2.24, 2.45) is 0 Å². The second-order valence-corrected chi connectivity index (χ2v) is 10.0. The van der Waals surface area contributed by atoms with Crippen molar-refractivity contribution in [2.75, 3.05) is 79.7 Å². The molecule has 2 amide bonds. The van der Waals surface area contributed by atoms with Gasteiger partial charge in [0.05, 0.1) is 13.2 Å². The van der Waals surface area contributed by atoms with Gasteiger partial charge < -0.3 is 19.4 Å². The molecule has 0 aliphatic carbocycles. The summed E-state index contributed by atoms with van der Waals surface area (Å²) in [4.78, 5) is 18.7. The van der Waals surface area contributed by atoms with E-state index in [2.05, 4.69) is 4.90 Å². The molecule has 3 heterocycles. The number of morpholine rings is 1. The molecule has 162 valence electrons. The van der Waals surface area contributed by atoms with Crippen molar-refractivity contribution < 1.29 is 17.9 Å². The maximum absolute atomic E-state index is 12.9. The Hall–Kier alpha value is -0.940. The zero-order valence-corrected chi connectivity index (χ0v) is 18.1. The maximum Gasteiger partial charge on any atom is 0.319 e. The zero-order valence-electron chi connectivity index (χ0n) is 17.3. The highest BCUT2D eigenvalue weighted by atomic mass is 32.2. The number of piperidine rings is 1. The van der Waals surface area contributed by atoms with Crippen molar-refractivity contribution in [3.05, 3.63) is 0 Å². The molecule has 9 nitrogen and oxygen atoms in total. The molecule has 0 aromatic carbocycles. The van der Waals surface area contributed by atoms with E-state index in [1.807, 2.05) is 4.90 Å². The molecule has 0 saturated carbocycles. The smallest absolute Gasteiger partial charge is 0.319 e. The quantitative estimate of drug-likeness (QED) is 0.613. The van der Waals surface area contributed by atoms with Gasteiger partial charge in [-0.3, -0.25) is 0 Å². The van der Waals surface area contributed by atoms with Crippen LogP contribution in [-0.4, -0.2) is 123 Å². The molecule has 1 atom stereocenters. The number of amides is 2. The van der Waals surface area contributed by atoms with Crippen LogP contribution in [0.1, 0.15) is 25.7 Å². The number of hydrogen-bond donors (Lipinski definition) is 0. The number of rotatable bonds is 6. The van der Waals surface area contributed by atoms with Gasteiger partial charge in [0.15, 0.2) is 0 Å². The Kier molecular flexibility index (Phi) is 7.54. The summed E-state index contributed by atoms with van der Waals surface area (Å²) in [5.74, 6) is 0. The standard InChI is InChI=1S/C18H35N5O4S/c1-19(2)18(24)23(11-10-20-7-4-3-5-8-20)17-6-9-22(16-17)28(25,26)21-12-14-27-15-13-21/h17H,3-16H2,1-2H3. The highest BCUT2D eigenvalue weighted by molar-refractivity contribution is 7.86. The molecular formula is C18H35N5O4S. The van der Waals surface area contributed by atoms with Crippen LogP contribution in [0.3, 0.4) is 0 Å². The third-order valence-electron chi connectivity index (χ3n) is 5.92. The van der Waals surface area contributed by atoms with Crippen molar-refractivity contribution in [2.45, 2.75) is 31.7 Å². The first-order chi connectivity index (χ1) is 13.4. The first-order valence-corrected chi connectivity index (χ1v) is 11.8. The summed E-state index contributed by atoms with van der Waals surface area (Å²) in [5.41, 5.74) is 0. The van der Waals surface area contributed by atoms with Crippen LogP contribution in [0.25, 0.3) is 0 Å². The molecular weight excluding hydrogens is 382 g/mol. The van der Waals surface area contributed by atoms with Crippen LogP contribution in [0.15, 0.2) is 0 Å². The monoisotopic (exact) mass is 417 g/mol. The Morgan fingerprint density at radius 1 is 1.00 bits per heavy atom. The molecule has 3 rings (SSSR count). The lowest BCUT2D eigenvalue weighted by atomic mass is 10.1. The van der Waals surface area contributed by atoms with E-state index in [1.54, 1.807) is 23.3 Å². The molecule has 10 heteroatoms. The van der Waals surface area contributed by atoms with Crippen LogP contribution < -0.4 is 0 Å². The summed E-state index contributed by atoms with van der Waals surface area (Å²) in [6.45, 7) is 6.20. The van der Waals surface area contributed by atoms with E-state index in [0.717, 1.165) is 19.6 Å². The van der Waals surface area contributed by atoms with Crippen LogP contribution in [0.4, 0.5) is 4.79 Å². The third kappa shape index (κ3) is 5.15. The molecule has 3 aliphatic heterocycles. The summed E-state index contributed by atoms with van der Waals surface area (Å²) in [7, 11) is 0.0298. The number of likely N-dealkylation sites (tertiary alicyclic amines) is 1. The van der Waals surface area contributed by atoms with Gasteiger partial charge in [-0.15, -0.1) is 0 Å². The Labute approximate surface area is 169 Å². The largest absolute Gasteiger partial charge is 0.379 e. The number of carbonyl (C=O) groups excluding carboxylic acids is 1. The topological polar surface area (TPSA) is 76.6 Å². The molecule has 0 aromatic heterocycles. The first kappa shape index (κ1) is 21.8. The van der Waals surface area contributed by atoms with Crippen LogP contribution in [-0.2, 0) is 14.9 Å². The third-order valence-corrected chi connectivity index (χ3v) is 7.93. The molecule has 0 aromatic rings. The Balaban J connectivity index is 1.62. The van der Waals surface area contributed by atoms with Crippen LogP contribution >= 0.6 is 0 Å². The predicted molar refractivity (Wildman–Crippen MR) is 107 cm³/mol. The van der Waals surface area contributed by atoms with Gasteiger partial charge in [-0.05, 0) is 32.4 Å². The molecule has 0 bridgehead atoms. The van der Waals surface area contributed by atoms with E-state index < -0.39 is 10.2 Å². The molecule has 3 aliphatic rings. The highest BCUT2D eigenvalue weighted by Crippen LogP contribution is 2.22. The van der Waals surface area contributed by atoms with Crippen molar-refractivity contribution >= 4 is 16.2 Å². The molecule has 3 saturated heterocycles. The minimum atomic E-state index is -3.48. The number of ether oxygens (including phenoxy) is 1. The van der Waals surface area contributed by atoms with E-state index >= 15 is 0 Å². The first-order valence-electron chi connectivity index (χ1n) is 10.4. The summed E-state index contributed by atoms with van der Waals surface area (Å²) < 4.78 is 34.2. The van der Waals surface area contributed by atoms with Gasteiger partial charge in [0.1, 0.15) is 0 Å². The lowest BCUT2D eigenvalue weighted by molar-refractivity contribution is 0.0704. The van der Waals surface area contributed by atoms with Crippen LogP contribution in [0.2, 0.25) is 0 Å². The van der Waals surface area contributed by atoms with E-state index in [-0.39, 0.29) is 12.1 Å². The molecule has 0 radical (unpaired) electrons. The predicted octanol–water partition coefficient (Wildman–Crippen LogP) is 0.107. The normalized spacial score (nSPS) is 25.7. The second-order valence-electron chi connectivity index (χ2n) is 8.09. The van der Waals surface area contributed by atoms with E-state index in [4.69, 9.17) is 4.74 Å². The molecule has 3 fully saturated rings. The van der Waals surface area contributed by atoms with Crippen molar-refractivity contribution in [3.63, 3.8) is 0 Å². The van der Waals surface area contributed by atoms with E-state index in [1.165, 1.54) is 23.6 Å². The van der Waals surface area contributed by atoms with Crippen molar-refractivity contribution in [3.8, 4) is 0 Å². The molecule has 28 heavy (non-hydrogen) atoms. The number of hydrogen-bond acceptors (Lipinski definition) is 5. The zero-order chi connectivity index (χ0) is 20.1. The number of urea groups is 1. The van der Waals surface area contributed by atoms with Gasteiger partial charge >= 0.3 is 6.03 Å². The summed E-state index contributed by atoms with van der Waals surface area (Å²) in [5, 5.41) is 0. The van der Waals surface area contributed by atoms with Crippen LogP contribution in [0, 0.1) is 0 Å². The molecule has 0 spiro atoms. The Morgan fingerprint density at radius 2 is 1.68 bits per heavy atom. The lowest BCUT2D eigenvalue weighted by Crippen LogP contribution is -2.52. The summed E-state index contributed by atoms with van der Waals surface area (Å²) in [6.07, 6.45) is 4.41. The van der Waals surface area contributed by atoms with Gasteiger partial charge in [0, 0.05) is 59.4 Å². The van der Waals surface area contributed by atoms with Gasteiger partial charge in [0.2, 0.25) is 0 Å². The Bertz CT molecular complexity index is 617. The van der Waals surface area contributed by atoms with Gasteiger partial charge in [-0.25, -0.2) is 4.79 Å². The van der Waals surface area contributed by atoms with Gasteiger partial charge in [0.25, 0.3) is 10.2 Å². The van der Waals surface area contributed by atoms with Crippen molar-refractivity contribution in [1.29, 1.82) is 0 Å². The second kappa shape index (κ2) is 9.71. The SMILES string of the molecule is CN(C)C(=O)N(CCN1CCCCC1)C1CCN(S(=O)(=O)N2CCOCC2)C1. The number of carbonyl (C=O) groups is 1. The number of nitrogens with zero attached hydrogens (tertiary/aromatic N) is 5. The fourth-order valence-corrected chi connectivity index (χ4v) is 5.87. The van der Waals surface area contributed by atoms with Crippen molar-refractivity contribution in [1.82, 2.24) is 23.3 Å². The minimum absolute atomic E-state index is 0.0346.